The lowest BCUT2D eigenvalue weighted by molar-refractivity contribution is -0.118. The number of thioether (sulfide) groups is 2. The second-order valence-corrected chi connectivity index (χ2v) is 8.17. The van der Waals surface area contributed by atoms with Gasteiger partial charge >= 0.3 is 0 Å². The first-order chi connectivity index (χ1) is 11.6. The summed E-state index contributed by atoms with van der Waals surface area (Å²) in [6, 6.07) is 13.7. The topological polar surface area (TPSA) is 29.1 Å². The number of hydrogen-bond acceptors (Lipinski definition) is 3. The molecule has 0 aromatic heterocycles. The summed E-state index contributed by atoms with van der Waals surface area (Å²) in [5.41, 5.74) is 2.17. The van der Waals surface area contributed by atoms with Gasteiger partial charge in [0.2, 0.25) is 5.91 Å². The molecule has 0 aliphatic heterocycles. The minimum absolute atomic E-state index is 0.0527. The maximum atomic E-state index is 11.8. The fourth-order valence-corrected chi connectivity index (χ4v) is 4.27. The summed E-state index contributed by atoms with van der Waals surface area (Å²) in [4.78, 5) is 13.0. The van der Waals surface area contributed by atoms with Gasteiger partial charge in [-0.2, -0.15) is 11.8 Å². The summed E-state index contributed by atoms with van der Waals surface area (Å²) in [6.07, 6.45) is 0. The normalized spacial score (nSPS) is 10.6. The highest BCUT2D eigenvalue weighted by Gasteiger charge is 2.06. The second kappa shape index (κ2) is 10.2. The first-order valence-corrected chi connectivity index (χ1v) is 10.4. The molecular weight excluding hydrogens is 381 g/mol. The third kappa shape index (κ3) is 6.60. The zero-order valence-electron chi connectivity index (χ0n) is 13.4. The molecule has 0 unspecified atom stereocenters. The monoisotopic (exact) mass is 399 g/mol. The van der Waals surface area contributed by atoms with Crippen LogP contribution in [0.15, 0.2) is 47.4 Å². The molecule has 6 heteroatoms. The molecular formula is C18H19Cl2NOS2. The Bertz CT molecular complexity index is 657. The van der Waals surface area contributed by atoms with E-state index >= 15 is 0 Å². The molecule has 2 rings (SSSR count). The molecule has 0 bridgehead atoms. The molecule has 0 spiro atoms. The maximum absolute atomic E-state index is 11.8. The van der Waals surface area contributed by atoms with E-state index in [0.29, 0.717) is 22.3 Å². The number of benzene rings is 2. The molecule has 2 aromatic rings. The third-order valence-electron chi connectivity index (χ3n) is 3.27. The smallest absolute Gasteiger partial charge is 0.230 e. The Labute approximate surface area is 161 Å². The molecule has 0 aliphatic carbocycles. The average Bonchev–Trinajstić information content (AvgIpc) is 2.56. The van der Waals surface area contributed by atoms with Gasteiger partial charge in [-0.15, -0.1) is 11.8 Å². The van der Waals surface area contributed by atoms with E-state index < -0.39 is 0 Å². The van der Waals surface area contributed by atoms with Gasteiger partial charge in [-0.25, -0.2) is 0 Å². The van der Waals surface area contributed by atoms with E-state index in [4.69, 9.17) is 23.2 Å². The van der Waals surface area contributed by atoms with Gasteiger partial charge in [0.05, 0.1) is 5.75 Å². The highest BCUT2D eigenvalue weighted by Crippen LogP contribution is 2.28. The van der Waals surface area contributed by atoms with Crippen LogP contribution in [0.2, 0.25) is 10.0 Å². The van der Waals surface area contributed by atoms with Crippen LogP contribution < -0.4 is 5.32 Å². The van der Waals surface area contributed by atoms with Crippen LogP contribution in [0.5, 0.6) is 0 Å². The first-order valence-electron chi connectivity index (χ1n) is 7.53. The lowest BCUT2D eigenvalue weighted by atomic mass is 10.2. The largest absolute Gasteiger partial charge is 0.355 e. The predicted molar refractivity (Wildman–Crippen MR) is 108 cm³/mol. The van der Waals surface area contributed by atoms with Gasteiger partial charge in [-0.1, -0.05) is 47.0 Å². The van der Waals surface area contributed by atoms with Crippen LogP contribution >= 0.6 is 46.7 Å². The number of aryl methyl sites for hydroxylation is 1. The summed E-state index contributed by atoms with van der Waals surface area (Å²) in [5.74, 6) is 2.05. The molecule has 0 saturated heterocycles. The number of nitrogens with one attached hydrogen (secondary N) is 1. The van der Waals surface area contributed by atoms with E-state index in [0.717, 1.165) is 22.0 Å². The summed E-state index contributed by atoms with van der Waals surface area (Å²) < 4.78 is 0. The van der Waals surface area contributed by atoms with Gasteiger partial charge in [0, 0.05) is 33.0 Å². The zero-order valence-corrected chi connectivity index (χ0v) is 16.5. The number of carbonyl (C=O) groups excluding carboxylic acids is 1. The van der Waals surface area contributed by atoms with Crippen molar-refractivity contribution in [2.24, 2.45) is 0 Å². The molecule has 0 radical (unpaired) electrons. The van der Waals surface area contributed by atoms with E-state index in [1.165, 1.54) is 5.56 Å². The first kappa shape index (κ1) is 19.5. The minimum atomic E-state index is 0.0527. The summed E-state index contributed by atoms with van der Waals surface area (Å²) in [5, 5.41) is 4.31. The molecule has 0 aliphatic rings. The van der Waals surface area contributed by atoms with Crippen LogP contribution in [-0.4, -0.2) is 24.0 Å². The Morgan fingerprint density at radius 1 is 1.08 bits per heavy atom. The molecule has 0 atom stereocenters. The maximum Gasteiger partial charge on any atom is 0.230 e. The Kier molecular flexibility index (Phi) is 8.33. The van der Waals surface area contributed by atoms with Crippen molar-refractivity contribution in [1.29, 1.82) is 0 Å². The van der Waals surface area contributed by atoms with E-state index in [1.807, 2.05) is 30.3 Å². The fourth-order valence-electron chi connectivity index (χ4n) is 1.94. The number of hydrogen-bond donors (Lipinski definition) is 1. The Balaban J connectivity index is 1.62. The highest BCUT2D eigenvalue weighted by molar-refractivity contribution is 8.00. The summed E-state index contributed by atoms with van der Waals surface area (Å²) in [6.45, 7) is 2.69. The molecule has 2 aromatic carbocycles. The van der Waals surface area contributed by atoms with Crippen LogP contribution in [0, 0.1) is 6.92 Å². The number of halogens is 2. The highest BCUT2D eigenvalue weighted by atomic mass is 35.5. The van der Waals surface area contributed by atoms with Gasteiger partial charge in [-0.3, -0.25) is 4.79 Å². The molecule has 2 nitrogen and oxygen atoms in total. The van der Waals surface area contributed by atoms with Crippen molar-refractivity contribution in [2.75, 3.05) is 18.1 Å². The van der Waals surface area contributed by atoms with Crippen molar-refractivity contribution in [1.82, 2.24) is 5.32 Å². The second-order valence-electron chi connectivity index (χ2n) is 5.20. The van der Waals surface area contributed by atoms with Crippen molar-refractivity contribution in [3.05, 3.63) is 63.6 Å². The van der Waals surface area contributed by atoms with Crippen LogP contribution in [0.1, 0.15) is 11.1 Å². The van der Waals surface area contributed by atoms with Gasteiger partial charge in [0.25, 0.3) is 0 Å². The van der Waals surface area contributed by atoms with Crippen molar-refractivity contribution >= 4 is 52.6 Å². The Morgan fingerprint density at radius 3 is 2.42 bits per heavy atom. The molecule has 0 saturated carbocycles. The van der Waals surface area contributed by atoms with Crippen molar-refractivity contribution < 1.29 is 4.79 Å². The van der Waals surface area contributed by atoms with E-state index in [9.17, 15) is 4.79 Å². The van der Waals surface area contributed by atoms with Crippen LogP contribution in [0.3, 0.4) is 0 Å². The van der Waals surface area contributed by atoms with E-state index in [-0.39, 0.29) is 5.91 Å². The lowest BCUT2D eigenvalue weighted by Crippen LogP contribution is -2.27. The number of rotatable bonds is 8. The van der Waals surface area contributed by atoms with Crippen molar-refractivity contribution in [2.45, 2.75) is 17.6 Å². The summed E-state index contributed by atoms with van der Waals surface area (Å²) in [7, 11) is 0. The fraction of sp³-hybridized carbons (Fsp3) is 0.278. The minimum Gasteiger partial charge on any atom is -0.355 e. The van der Waals surface area contributed by atoms with Crippen molar-refractivity contribution in [3.63, 3.8) is 0 Å². The van der Waals surface area contributed by atoms with Crippen molar-refractivity contribution in [3.8, 4) is 0 Å². The predicted octanol–water partition coefficient (Wildman–Crippen LogP) is 5.44. The Morgan fingerprint density at radius 2 is 1.75 bits per heavy atom. The number of carbonyl (C=O) groups is 1. The molecule has 0 fully saturated rings. The summed E-state index contributed by atoms with van der Waals surface area (Å²) >= 11 is 15.5. The van der Waals surface area contributed by atoms with Gasteiger partial charge < -0.3 is 5.32 Å². The van der Waals surface area contributed by atoms with Gasteiger partial charge in [-0.05, 0) is 36.8 Å². The lowest BCUT2D eigenvalue weighted by Gasteiger charge is -2.08. The van der Waals surface area contributed by atoms with Crippen LogP contribution in [0.25, 0.3) is 0 Å². The molecule has 1 amide bonds. The molecule has 0 heterocycles. The standard InChI is InChI=1S/C18H19Cl2NOS2/c1-13-5-7-14(8-6-13)24-12-18(22)21-9-10-23-11-15-16(19)3-2-4-17(15)20/h2-8H,9-12H2,1H3,(H,21,22). The van der Waals surface area contributed by atoms with Gasteiger partial charge in [0.15, 0.2) is 0 Å². The zero-order chi connectivity index (χ0) is 17.4. The average molecular weight is 400 g/mol. The quantitative estimate of drug-likeness (QED) is 0.472. The van der Waals surface area contributed by atoms with Gasteiger partial charge in [0.1, 0.15) is 0 Å². The third-order valence-corrected chi connectivity index (χ3v) is 5.97. The molecule has 128 valence electrons. The van der Waals surface area contributed by atoms with E-state index in [1.54, 1.807) is 23.5 Å². The SMILES string of the molecule is Cc1ccc(SCC(=O)NCCSCc2c(Cl)cccc2Cl)cc1. The van der Waals surface area contributed by atoms with Crippen LogP contribution in [-0.2, 0) is 10.5 Å². The van der Waals surface area contributed by atoms with E-state index in [2.05, 4.69) is 24.4 Å². The molecule has 1 N–H and O–H groups in total. The molecule has 24 heavy (non-hydrogen) atoms. The Hall–Kier alpha value is -0.810. The van der Waals surface area contributed by atoms with Crippen LogP contribution in [0.4, 0.5) is 0 Å². The number of amides is 1.